The minimum atomic E-state index is -0.162. The van der Waals surface area contributed by atoms with Gasteiger partial charge in [-0.25, -0.2) is 18.6 Å². The maximum absolute atomic E-state index is 12.8. The third-order valence-electron chi connectivity index (χ3n) is 4.60. The molecule has 0 amide bonds. The number of benzene rings is 2. The average molecular weight is 378 g/mol. The van der Waals surface area contributed by atoms with Gasteiger partial charge in [0, 0.05) is 5.92 Å². The summed E-state index contributed by atoms with van der Waals surface area (Å²) in [6.07, 6.45) is 17.6. The molecule has 2 heteroatoms. The van der Waals surface area contributed by atoms with Crippen LogP contribution in [0.4, 0.5) is 0 Å². The van der Waals surface area contributed by atoms with Crippen LogP contribution < -0.4 is 5.11 Å². The van der Waals surface area contributed by atoms with Gasteiger partial charge in [-0.05, 0) is 27.8 Å². The van der Waals surface area contributed by atoms with Crippen LogP contribution in [-0.4, -0.2) is 0 Å². The molecule has 0 bridgehead atoms. The van der Waals surface area contributed by atoms with E-state index in [-0.39, 0.29) is 28.7 Å². The van der Waals surface area contributed by atoms with E-state index in [9.17, 15) is 5.11 Å². The van der Waals surface area contributed by atoms with E-state index in [0.29, 0.717) is 0 Å². The molecule has 0 heterocycles. The van der Waals surface area contributed by atoms with Crippen LogP contribution in [0.1, 0.15) is 17.0 Å². The van der Waals surface area contributed by atoms with Crippen LogP contribution in [0.5, 0.6) is 0 Å². The van der Waals surface area contributed by atoms with E-state index in [1.165, 1.54) is 11.1 Å². The van der Waals surface area contributed by atoms with Gasteiger partial charge in [-0.15, -0.1) is 18.6 Å². The summed E-state index contributed by atoms with van der Waals surface area (Å²) < 4.78 is 0. The molecule has 2 radical (unpaired) electrons. The molecule has 0 aromatic heterocycles. The molecule has 0 saturated carbocycles. The monoisotopic (exact) mass is 378 g/mol. The first-order valence-corrected chi connectivity index (χ1v) is 8.47. The second-order valence-corrected chi connectivity index (χ2v) is 6.11. The fourth-order valence-corrected chi connectivity index (χ4v) is 3.46. The molecular weight excluding hydrogens is 360 g/mol. The normalized spacial score (nSPS) is 15.6. The molecule has 1 nitrogen and oxygen atoms in total. The zero-order chi connectivity index (χ0) is 17.1. The fraction of sp³-hybridized carbons (Fsp3) is 0.0417. The first kappa shape index (κ1) is 18.4. The Morgan fingerprint density at radius 1 is 0.808 bits per heavy atom. The summed E-state index contributed by atoms with van der Waals surface area (Å²) in [5.41, 5.74) is 5.42. The summed E-state index contributed by atoms with van der Waals surface area (Å²) in [4.78, 5) is 0. The van der Waals surface area contributed by atoms with Gasteiger partial charge in [0.15, 0.2) is 0 Å². The first-order valence-electron chi connectivity index (χ1n) is 8.47. The Bertz CT molecular complexity index is 836. The molecular formula is C24H18FeO. The van der Waals surface area contributed by atoms with Crippen LogP contribution >= 0.6 is 0 Å². The van der Waals surface area contributed by atoms with Crippen molar-refractivity contribution in [2.24, 2.45) is 0 Å². The molecule has 2 aromatic rings. The van der Waals surface area contributed by atoms with Crippen LogP contribution in [0.15, 0.2) is 96.3 Å². The molecule has 0 N–H and O–H groups in total. The zero-order valence-electron chi connectivity index (χ0n) is 14.2. The second-order valence-electron chi connectivity index (χ2n) is 6.11. The Balaban J connectivity index is 0.000000285. The second kappa shape index (κ2) is 8.31. The average Bonchev–Trinajstić information content (AvgIpc) is 3.43. The Labute approximate surface area is 165 Å². The summed E-state index contributed by atoms with van der Waals surface area (Å²) in [6.45, 7) is 0. The quantitative estimate of drug-likeness (QED) is 0.401. The van der Waals surface area contributed by atoms with Gasteiger partial charge in [-0.3, -0.25) is 0 Å². The largest absolute Gasteiger partial charge is 2.00 e. The molecule has 2 aromatic carbocycles. The topological polar surface area (TPSA) is 23.1 Å². The van der Waals surface area contributed by atoms with Crippen LogP contribution in [0.25, 0.3) is 11.1 Å². The third kappa shape index (κ3) is 3.44. The number of hydrogen-bond acceptors (Lipinski definition) is 1. The fourth-order valence-electron chi connectivity index (χ4n) is 3.46. The van der Waals surface area contributed by atoms with Crippen molar-refractivity contribution in [3.05, 3.63) is 127 Å². The van der Waals surface area contributed by atoms with Crippen LogP contribution in [0, 0.1) is 19.3 Å². The van der Waals surface area contributed by atoms with Crippen molar-refractivity contribution >= 4 is 0 Å². The van der Waals surface area contributed by atoms with Gasteiger partial charge in [-0.1, -0.05) is 72.8 Å². The van der Waals surface area contributed by atoms with Crippen LogP contribution in [0.2, 0.25) is 0 Å². The Kier molecular flexibility index (Phi) is 5.88. The van der Waals surface area contributed by atoms with E-state index in [1.54, 1.807) is 0 Å². The summed E-state index contributed by atoms with van der Waals surface area (Å²) >= 11 is 0. The molecule has 0 atom stereocenters. The number of allylic oxidation sites excluding steroid dienone is 8. The Morgan fingerprint density at radius 3 is 1.85 bits per heavy atom. The van der Waals surface area contributed by atoms with E-state index in [4.69, 9.17) is 0 Å². The number of fused-ring (bicyclic) bond motifs is 3. The molecule has 3 aliphatic carbocycles. The molecule has 128 valence electrons. The van der Waals surface area contributed by atoms with Gasteiger partial charge in [0.25, 0.3) is 0 Å². The van der Waals surface area contributed by atoms with Gasteiger partial charge < -0.3 is 5.11 Å². The summed E-state index contributed by atoms with van der Waals surface area (Å²) in [6, 6.07) is 16.4. The molecule has 3 aliphatic rings. The predicted molar refractivity (Wildman–Crippen MR) is 101 cm³/mol. The van der Waals surface area contributed by atoms with E-state index < -0.39 is 0 Å². The maximum Gasteiger partial charge on any atom is 2.00 e. The van der Waals surface area contributed by atoms with Crippen molar-refractivity contribution in [1.29, 1.82) is 0 Å². The van der Waals surface area contributed by atoms with Crippen LogP contribution in [0.3, 0.4) is 0 Å². The summed E-state index contributed by atoms with van der Waals surface area (Å²) in [7, 11) is 0. The predicted octanol–water partition coefficient (Wildman–Crippen LogP) is 4.71. The minimum Gasteiger partial charge on any atom is -0.874 e. The van der Waals surface area contributed by atoms with Crippen molar-refractivity contribution in [3.63, 3.8) is 0 Å². The molecule has 0 spiro atoms. The van der Waals surface area contributed by atoms with Crippen LogP contribution in [-0.2, 0) is 17.1 Å². The molecule has 0 fully saturated rings. The molecule has 0 aliphatic heterocycles. The third-order valence-corrected chi connectivity index (χ3v) is 4.60. The SMILES string of the molecule is [CH]1[CH][CH-]C=C1.[Fe+2].[O-]C(=C1C=CC=C1)C1c2ccccc2-c2ccccc21. The van der Waals surface area contributed by atoms with E-state index in [0.717, 1.165) is 16.7 Å². The molecule has 0 saturated heterocycles. The Morgan fingerprint density at radius 2 is 1.38 bits per heavy atom. The van der Waals surface area contributed by atoms with Crippen molar-refractivity contribution in [1.82, 2.24) is 0 Å². The first-order chi connectivity index (χ1) is 12.4. The van der Waals surface area contributed by atoms with Gasteiger partial charge in [0.2, 0.25) is 0 Å². The minimum absolute atomic E-state index is 0. The number of hydrogen-bond donors (Lipinski definition) is 0. The molecule has 5 rings (SSSR count). The van der Waals surface area contributed by atoms with E-state index >= 15 is 0 Å². The van der Waals surface area contributed by atoms with Crippen molar-refractivity contribution in [2.45, 2.75) is 5.92 Å². The molecule has 26 heavy (non-hydrogen) atoms. The van der Waals surface area contributed by atoms with E-state index in [2.05, 4.69) is 24.3 Å². The van der Waals surface area contributed by atoms with E-state index in [1.807, 2.05) is 80.0 Å². The molecule has 0 unspecified atom stereocenters. The van der Waals surface area contributed by atoms with Gasteiger partial charge in [0.1, 0.15) is 0 Å². The standard InChI is InChI=1S/C19H14O.C5H5.Fe/c20-19(13-7-1-2-8-13)18-16-11-5-3-9-14(16)15-10-4-6-12-17(15)18;1-2-4-5-3-1;/h1-12,18,20H;1-5H;/q;-1;+2/p-1. The van der Waals surface area contributed by atoms with Gasteiger partial charge >= 0.3 is 17.1 Å². The summed E-state index contributed by atoms with van der Waals surface area (Å²) in [5.74, 6) is 0.0252. The maximum atomic E-state index is 12.8. The van der Waals surface area contributed by atoms with Gasteiger partial charge in [-0.2, -0.15) is 0 Å². The number of rotatable bonds is 1. The Hall–Kier alpha value is -2.41. The van der Waals surface area contributed by atoms with Gasteiger partial charge in [0.05, 0.1) is 0 Å². The smallest absolute Gasteiger partial charge is 0.874 e. The van der Waals surface area contributed by atoms with Crippen molar-refractivity contribution in [3.8, 4) is 11.1 Å². The van der Waals surface area contributed by atoms with Crippen molar-refractivity contribution in [2.75, 3.05) is 0 Å². The zero-order valence-corrected chi connectivity index (χ0v) is 15.3. The van der Waals surface area contributed by atoms with Crippen molar-refractivity contribution < 1.29 is 22.2 Å². The summed E-state index contributed by atoms with van der Waals surface area (Å²) in [5, 5.41) is 12.8.